The van der Waals surface area contributed by atoms with Gasteiger partial charge in [-0.15, -0.1) is 0 Å². The van der Waals surface area contributed by atoms with Crippen molar-refractivity contribution >= 4 is 0 Å². The van der Waals surface area contributed by atoms with Crippen LogP contribution in [0.4, 0.5) is 0 Å². The first-order valence-electron chi connectivity index (χ1n) is 14.3. The minimum atomic E-state index is -0.869. The maximum absolute atomic E-state index is 9.80. The molecule has 0 aliphatic carbocycles. The van der Waals surface area contributed by atoms with Crippen LogP contribution in [-0.4, -0.2) is 78.5 Å². The highest BCUT2D eigenvalue weighted by atomic mass is 16.6. The maximum Gasteiger partial charge on any atom is 0.152 e. The minimum Gasteiger partial charge on any atom is -0.377 e. The van der Waals surface area contributed by atoms with Crippen molar-refractivity contribution in [2.24, 2.45) is 17.8 Å². The van der Waals surface area contributed by atoms with E-state index in [1.54, 1.807) is 6.92 Å². The number of aliphatic hydroxyl groups is 1. The topological polar surface area (TPSA) is 75.6 Å². The Labute approximate surface area is 228 Å². The van der Waals surface area contributed by atoms with Gasteiger partial charge in [-0.2, -0.15) is 0 Å². The molecule has 0 amide bonds. The Balaban J connectivity index is 3.53. The van der Waals surface area contributed by atoms with Crippen LogP contribution in [0.2, 0.25) is 0 Å². The van der Waals surface area contributed by atoms with Crippen molar-refractivity contribution < 1.29 is 33.5 Å². The molecule has 7 nitrogen and oxygen atoms in total. The molecule has 1 N–H and O–H groups in total. The molecule has 0 spiro atoms. The minimum absolute atomic E-state index is 0.0126. The summed E-state index contributed by atoms with van der Waals surface area (Å²) >= 11 is 0. The quantitative estimate of drug-likeness (QED) is 0.230. The molecule has 5 atom stereocenters. The van der Waals surface area contributed by atoms with E-state index in [1.807, 2.05) is 34.6 Å². The fourth-order valence-corrected chi connectivity index (χ4v) is 6.18. The van der Waals surface area contributed by atoms with Crippen molar-refractivity contribution in [1.29, 1.82) is 0 Å². The lowest BCUT2D eigenvalue weighted by molar-refractivity contribution is -0.214. The lowest BCUT2D eigenvalue weighted by atomic mass is 9.65. The standard InChI is InChI=1S/C30H60O7/c1-15-33-26(5,6)18-22(28(9,10)34-16-2)25-24(23(19-32-25)29(11,12)35-17-3)30(13,14)36-20-27(7,8)37-21(4)31/h21-25,31H,15-20H2,1-14H3. The molecule has 1 aliphatic rings. The molecule has 222 valence electrons. The van der Waals surface area contributed by atoms with E-state index >= 15 is 0 Å². The van der Waals surface area contributed by atoms with Gasteiger partial charge in [-0.1, -0.05) is 0 Å². The van der Waals surface area contributed by atoms with Crippen molar-refractivity contribution in [2.45, 2.75) is 144 Å². The number of ether oxygens (including phenoxy) is 6. The third-order valence-electron chi connectivity index (χ3n) is 7.80. The van der Waals surface area contributed by atoms with Crippen LogP contribution >= 0.6 is 0 Å². The Bertz CT molecular complexity index is 669. The molecule has 5 unspecified atom stereocenters. The molecule has 0 saturated carbocycles. The Hall–Kier alpha value is -0.280. The van der Waals surface area contributed by atoms with Gasteiger partial charge in [-0.05, 0) is 103 Å². The molecule has 37 heavy (non-hydrogen) atoms. The highest BCUT2D eigenvalue weighted by Gasteiger charge is 2.57. The van der Waals surface area contributed by atoms with E-state index < -0.39 is 28.7 Å². The van der Waals surface area contributed by atoms with Gasteiger partial charge in [-0.25, -0.2) is 0 Å². The van der Waals surface area contributed by atoms with E-state index in [0.29, 0.717) is 33.0 Å². The smallest absolute Gasteiger partial charge is 0.152 e. The predicted molar refractivity (Wildman–Crippen MR) is 149 cm³/mol. The Morgan fingerprint density at radius 1 is 0.757 bits per heavy atom. The maximum atomic E-state index is 9.80. The van der Waals surface area contributed by atoms with E-state index in [4.69, 9.17) is 28.4 Å². The monoisotopic (exact) mass is 532 g/mol. The summed E-state index contributed by atoms with van der Waals surface area (Å²) in [5.41, 5.74) is -2.41. The van der Waals surface area contributed by atoms with E-state index in [9.17, 15) is 5.11 Å². The van der Waals surface area contributed by atoms with Gasteiger partial charge in [0.15, 0.2) is 6.29 Å². The van der Waals surface area contributed by atoms with Crippen LogP contribution in [0.1, 0.15) is 103 Å². The highest BCUT2D eigenvalue weighted by Crippen LogP contribution is 2.50. The summed E-state index contributed by atoms with van der Waals surface area (Å²) < 4.78 is 38.0. The first-order valence-corrected chi connectivity index (χ1v) is 14.3. The number of aliphatic hydroxyl groups excluding tert-OH is 1. The third kappa shape index (κ3) is 10.0. The van der Waals surface area contributed by atoms with Gasteiger partial charge in [0.2, 0.25) is 0 Å². The zero-order chi connectivity index (χ0) is 28.9. The summed E-state index contributed by atoms with van der Waals surface area (Å²) in [6.07, 6.45) is -0.225. The molecule has 1 saturated heterocycles. The first kappa shape index (κ1) is 34.7. The summed E-state index contributed by atoms with van der Waals surface area (Å²) in [4.78, 5) is 0. The van der Waals surface area contributed by atoms with Gasteiger partial charge in [0.1, 0.15) is 0 Å². The second kappa shape index (κ2) is 13.4. The molecule has 0 radical (unpaired) electrons. The third-order valence-corrected chi connectivity index (χ3v) is 7.80. The average Bonchev–Trinajstić information content (AvgIpc) is 3.16. The lowest BCUT2D eigenvalue weighted by Gasteiger charge is -2.48. The first-order chi connectivity index (χ1) is 16.7. The molecule has 1 fully saturated rings. The Morgan fingerprint density at radius 2 is 1.30 bits per heavy atom. The molecule has 0 aromatic rings. The van der Waals surface area contributed by atoms with Crippen molar-refractivity contribution in [3.05, 3.63) is 0 Å². The molecule has 0 aromatic heterocycles. The highest BCUT2D eigenvalue weighted by molar-refractivity contribution is 5.06. The largest absolute Gasteiger partial charge is 0.377 e. The van der Waals surface area contributed by atoms with E-state index in [1.165, 1.54) is 0 Å². The number of hydrogen-bond donors (Lipinski definition) is 1. The number of rotatable bonds is 17. The summed E-state index contributed by atoms with van der Waals surface area (Å²) in [6, 6.07) is 0. The van der Waals surface area contributed by atoms with Crippen LogP contribution in [0.3, 0.4) is 0 Å². The summed E-state index contributed by atoms with van der Waals surface area (Å²) in [7, 11) is 0. The SMILES string of the molecule is CCOC(C)(C)CC(C1OCC(C(C)(C)OCC)C1C(C)(C)OCC(C)(C)OC(C)O)C(C)(C)OCC. The molecule has 1 aliphatic heterocycles. The normalized spacial score (nSPS) is 23.9. The zero-order valence-electron chi connectivity index (χ0n) is 26.5. The van der Waals surface area contributed by atoms with Gasteiger partial charge in [0, 0.05) is 37.6 Å². The van der Waals surface area contributed by atoms with Crippen LogP contribution in [-0.2, 0) is 28.4 Å². The van der Waals surface area contributed by atoms with E-state index in [-0.39, 0.29) is 29.5 Å². The van der Waals surface area contributed by atoms with Gasteiger partial charge < -0.3 is 33.5 Å². The van der Waals surface area contributed by atoms with Crippen molar-refractivity contribution in [3.8, 4) is 0 Å². The van der Waals surface area contributed by atoms with Crippen LogP contribution in [0, 0.1) is 17.8 Å². The van der Waals surface area contributed by atoms with Gasteiger partial charge in [-0.3, -0.25) is 0 Å². The molecule has 0 aromatic carbocycles. The van der Waals surface area contributed by atoms with Crippen molar-refractivity contribution in [2.75, 3.05) is 33.0 Å². The van der Waals surface area contributed by atoms with E-state index in [0.717, 1.165) is 6.42 Å². The van der Waals surface area contributed by atoms with Crippen LogP contribution in [0.25, 0.3) is 0 Å². The van der Waals surface area contributed by atoms with Gasteiger partial charge >= 0.3 is 0 Å². The molecular weight excluding hydrogens is 472 g/mol. The summed E-state index contributed by atoms with van der Waals surface area (Å²) in [5.74, 6) is 0.160. The second-order valence-electron chi connectivity index (χ2n) is 13.4. The summed E-state index contributed by atoms with van der Waals surface area (Å²) in [5, 5.41) is 9.80. The fourth-order valence-electron chi connectivity index (χ4n) is 6.18. The average molecular weight is 533 g/mol. The fraction of sp³-hybridized carbons (Fsp3) is 1.00. The molecule has 0 bridgehead atoms. The molecule has 7 heteroatoms. The molecule has 1 heterocycles. The van der Waals surface area contributed by atoms with Gasteiger partial charge in [0.05, 0.1) is 47.3 Å². The Morgan fingerprint density at radius 3 is 1.78 bits per heavy atom. The van der Waals surface area contributed by atoms with Crippen molar-refractivity contribution in [3.63, 3.8) is 0 Å². The zero-order valence-corrected chi connectivity index (χ0v) is 26.5. The lowest BCUT2D eigenvalue weighted by Crippen LogP contribution is -2.56. The second-order valence-corrected chi connectivity index (χ2v) is 13.4. The van der Waals surface area contributed by atoms with Crippen LogP contribution in [0.15, 0.2) is 0 Å². The van der Waals surface area contributed by atoms with Gasteiger partial charge in [0.25, 0.3) is 0 Å². The van der Waals surface area contributed by atoms with Crippen molar-refractivity contribution in [1.82, 2.24) is 0 Å². The van der Waals surface area contributed by atoms with Crippen LogP contribution < -0.4 is 0 Å². The predicted octanol–water partition coefficient (Wildman–Crippen LogP) is 6.00. The molecular formula is C30H60O7. The van der Waals surface area contributed by atoms with E-state index in [2.05, 4.69) is 55.4 Å². The Kier molecular flexibility index (Phi) is 12.6. The summed E-state index contributed by atoms with van der Waals surface area (Å²) in [6.45, 7) is 31.6. The number of hydrogen-bond acceptors (Lipinski definition) is 7. The molecule has 1 rings (SSSR count). The van der Waals surface area contributed by atoms with Crippen LogP contribution in [0.5, 0.6) is 0 Å².